The van der Waals surface area contributed by atoms with Crippen LogP contribution in [0.15, 0.2) is 0 Å². The van der Waals surface area contributed by atoms with Crippen LogP contribution in [0.5, 0.6) is 0 Å². The Balaban J connectivity index is 3.07. The van der Waals surface area contributed by atoms with E-state index in [1.807, 2.05) is 0 Å². The number of hydrogen-bond acceptors (Lipinski definition) is 2. The molecule has 0 saturated carbocycles. The molecule has 0 aliphatic heterocycles. The lowest BCUT2D eigenvalue weighted by Gasteiger charge is -2.15. The van der Waals surface area contributed by atoms with Gasteiger partial charge in [0.1, 0.15) is 0 Å². The van der Waals surface area contributed by atoms with Crippen molar-refractivity contribution in [2.75, 3.05) is 0 Å². The van der Waals surface area contributed by atoms with Crippen LogP contribution >= 0.6 is 0 Å². The highest BCUT2D eigenvalue weighted by atomic mass is 16.3. The fourth-order valence-electron chi connectivity index (χ4n) is 3.82. The monoisotopic (exact) mass is 383 g/mol. The highest BCUT2D eigenvalue weighted by Crippen LogP contribution is 2.15. The lowest BCUT2D eigenvalue weighted by Crippen LogP contribution is -2.24. The smallest absolute Gasteiger partial charge is 0.0799 e. The summed E-state index contributed by atoms with van der Waals surface area (Å²) in [5.74, 6) is 0. The highest BCUT2D eigenvalue weighted by Gasteiger charge is 2.12. The summed E-state index contributed by atoms with van der Waals surface area (Å²) in [5, 5.41) is 19.1. The Morgan fingerprint density at radius 3 is 1.07 bits per heavy atom. The third-order valence-electron chi connectivity index (χ3n) is 5.84. The quantitative estimate of drug-likeness (QED) is 0.188. The van der Waals surface area contributed by atoms with Gasteiger partial charge in [0.05, 0.1) is 12.2 Å². The summed E-state index contributed by atoms with van der Waals surface area (Å²) in [4.78, 5) is 0. The van der Waals surface area contributed by atoms with Crippen LogP contribution in [0.4, 0.5) is 0 Å². The molecule has 0 aromatic rings. The summed E-state index contributed by atoms with van der Waals surface area (Å²) in [6.45, 7) is 5.92. The normalized spacial score (nSPS) is 13.8. The van der Waals surface area contributed by atoms with Gasteiger partial charge < -0.3 is 10.2 Å². The number of hydrogen-bond donors (Lipinski definition) is 2. The molecule has 0 spiro atoms. The minimum Gasteiger partial charge on any atom is -0.390 e. The molecule has 0 heterocycles. The Labute approximate surface area is 171 Å². The molecule has 0 aliphatic rings. The molecule has 0 aromatic heterocycles. The van der Waals surface area contributed by atoms with E-state index in [1.165, 1.54) is 116 Å². The van der Waals surface area contributed by atoms with Gasteiger partial charge in [-0.2, -0.15) is 0 Å². The Morgan fingerprint density at radius 2 is 0.778 bits per heavy atom. The summed E-state index contributed by atoms with van der Waals surface area (Å²) >= 11 is 0. The second-order valence-corrected chi connectivity index (χ2v) is 8.58. The first kappa shape index (κ1) is 26.9. The fourth-order valence-corrected chi connectivity index (χ4v) is 3.82. The van der Waals surface area contributed by atoms with Crippen molar-refractivity contribution in [3.63, 3.8) is 0 Å². The van der Waals surface area contributed by atoms with Gasteiger partial charge in [-0.3, -0.25) is 0 Å². The Hall–Kier alpha value is -0.0800. The third-order valence-corrected chi connectivity index (χ3v) is 5.84. The van der Waals surface area contributed by atoms with Crippen LogP contribution in [-0.4, -0.2) is 22.4 Å². The summed E-state index contributed by atoms with van der Waals surface area (Å²) in [7, 11) is 0. The minimum absolute atomic E-state index is 0.403. The maximum Gasteiger partial charge on any atom is 0.0799 e. The largest absolute Gasteiger partial charge is 0.390 e. The first-order valence-corrected chi connectivity index (χ1v) is 12.4. The predicted molar refractivity (Wildman–Crippen MR) is 120 cm³/mol. The van der Waals surface area contributed by atoms with Crippen molar-refractivity contribution in [3.8, 4) is 0 Å². The van der Waals surface area contributed by atoms with Crippen LogP contribution < -0.4 is 0 Å². The van der Waals surface area contributed by atoms with Gasteiger partial charge in [0.15, 0.2) is 0 Å². The van der Waals surface area contributed by atoms with E-state index in [-0.39, 0.29) is 0 Å². The van der Waals surface area contributed by atoms with E-state index in [4.69, 9.17) is 0 Å². The lowest BCUT2D eigenvalue weighted by molar-refractivity contribution is 0.0149. The molecule has 2 N–H and O–H groups in total. The van der Waals surface area contributed by atoms with Crippen LogP contribution in [-0.2, 0) is 0 Å². The molecule has 163 valence electrons. The van der Waals surface area contributed by atoms with E-state index in [2.05, 4.69) is 13.8 Å². The second kappa shape index (κ2) is 22.2. The molecule has 0 rings (SSSR count). The molecule has 2 nitrogen and oxygen atoms in total. The van der Waals surface area contributed by atoms with Crippen molar-refractivity contribution in [2.24, 2.45) is 0 Å². The van der Waals surface area contributed by atoms with Gasteiger partial charge in [-0.05, 0) is 12.8 Å². The molecular weight excluding hydrogens is 332 g/mol. The molecule has 0 fully saturated rings. The summed E-state index contributed by atoms with van der Waals surface area (Å²) < 4.78 is 0. The zero-order valence-corrected chi connectivity index (χ0v) is 18.6. The maximum atomic E-state index is 9.67. The van der Waals surface area contributed by atoms with E-state index in [0.717, 1.165) is 12.8 Å². The van der Waals surface area contributed by atoms with Crippen LogP contribution in [0.3, 0.4) is 0 Å². The molecule has 0 bridgehead atoms. The zero-order valence-electron chi connectivity index (χ0n) is 18.6. The summed E-state index contributed by atoms with van der Waals surface area (Å²) in [6, 6.07) is 0. The standard InChI is InChI=1S/C25H51O2/c1-3-5-6-7-8-9-10-11-12-13-14-15-16-17-18-19-20-21-22-23-25(27)24(26)4-2/h24-27H,2-23H2,1H3. The Bertz CT molecular complexity index is 267. The average molecular weight is 384 g/mol. The first-order valence-electron chi connectivity index (χ1n) is 12.4. The van der Waals surface area contributed by atoms with Crippen molar-refractivity contribution >= 4 is 0 Å². The Morgan fingerprint density at radius 1 is 0.481 bits per heavy atom. The highest BCUT2D eigenvalue weighted by molar-refractivity contribution is 4.67. The molecule has 27 heavy (non-hydrogen) atoms. The van der Waals surface area contributed by atoms with E-state index in [1.54, 1.807) is 0 Å². The van der Waals surface area contributed by atoms with E-state index in [9.17, 15) is 10.2 Å². The van der Waals surface area contributed by atoms with E-state index in [0.29, 0.717) is 6.42 Å². The maximum absolute atomic E-state index is 9.67. The predicted octanol–water partition coefficient (Wildman–Crippen LogP) is 7.75. The topological polar surface area (TPSA) is 40.5 Å². The molecule has 0 aromatic carbocycles. The van der Waals surface area contributed by atoms with Gasteiger partial charge in [0.2, 0.25) is 0 Å². The van der Waals surface area contributed by atoms with Gasteiger partial charge >= 0.3 is 0 Å². The average Bonchev–Trinajstić information content (AvgIpc) is 2.68. The van der Waals surface area contributed by atoms with Gasteiger partial charge in [0.25, 0.3) is 0 Å². The summed E-state index contributed by atoms with van der Waals surface area (Å²) in [6.07, 6.45) is 26.1. The van der Waals surface area contributed by atoms with Crippen LogP contribution in [0.2, 0.25) is 0 Å². The van der Waals surface area contributed by atoms with Crippen molar-refractivity contribution in [1.29, 1.82) is 0 Å². The number of aliphatic hydroxyl groups excluding tert-OH is 2. The molecule has 0 aliphatic carbocycles. The van der Waals surface area contributed by atoms with Crippen molar-refractivity contribution < 1.29 is 10.2 Å². The number of aliphatic hydroxyl groups is 2. The molecule has 0 saturated heterocycles. The Kier molecular flexibility index (Phi) is 22.1. The SMILES string of the molecule is [CH2]CC(O)C(O)CCCCCCCCCCCCCCCCCCCCC. The van der Waals surface area contributed by atoms with E-state index >= 15 is 0 Å². The fraction of sp³-hybridized carbons (Fsp3) is 0.960. The molecular formula is C25H51O2. The number of rotatable bonds is 22. The molecule has 2 unspecified atom stereocenters. The molecule has 0 amide bonds. The molecule has 1 radical (unpaired) electrons. The third kappa shape index (κ3) is 20.5. The van der Waals surface area contributed by atoms with Crippen LogP contribution in [0.1, 0.15) is 142 Å². The van der Waals surface area contributed by atoms with Gasteiger partial charge in [-0.15, -0.1) is 0 Å². The molecule has 2 atom stereocenters. The van der Waals surface area contributed by atoms with E-state index < -0.39 is 12.2 Å². The second-order valence-electron chi connectivity index (χ2n) is 8.58. The van der Waals surface area contributed by atoms with Gasteiger partial charge in [0, 0.05) is 0 Å². The molecule has 2 heteroatoms. The van der Waals surface area contributed by atoms with Crippen molar-refractivity contribution in [1.82, 2.24) is 0 Å². The van der Waals surface area contributed by atoms with Crippen molar-refractivity contribution in [2.45, 2.75) is 154 Å². The van der Waals surface area contributed by atoms with Crippen molar-refractivity contribution in [3.05, 3.63) is 6.92 Å². The summed E-state index contributed by atoms with van der Waals surface area (Å²) in [5.41, 5.74) is 0. The lowest BCUT2D eigenvalue weighted by atomic mass is 10.0. The van der Waals surface area contributed by atoms with Crippen LogP contribution in [0, 0.1) is 6.92 Å². The first-order chi connectivity index (χ1) is 13.2. The number of unbranched alkanes of at least 4 members (excludes halogenated alkanes) is 18. The minimum atomic E-state index is -0.638. The zero-order chi connectivity index (χ0) is 20.0. The van der Waals surface area contributed by atoms with Gasteiger partial charge in [-0.1, -0.05) is 136 Å². The van der Waals surface area contributed by atoms with Crippen LogP contribution in [0.25, 0.3) is 0 Å². The van der Waals surface area contributed by atoms with Gasteiger partial charge in [-0.25, -0.2) is 0 Å².